The molecule has 35 heavy (non-hydrogen) atoms. The Morgan fingerprint density at radius 1 is 1.06 bits per heavy atom. The van der Waals surface area contributed by atoms with Crippen LogP contribution in [0.25, 0.3) is 5.57 Å². The number of nitrogens with zero attached hydrogens (tertiary/aromatic N) is 1. The van der Waals surface area contributed by atoms with Gasteiger partial charge in [-0.2, -0.15) is 0 Å². The van der Waals surface area contributed by atoms with Gasteiger partial charge in [0.25, 0.3) is 0 Å². The van der Waals surface area contributed by atoms with E-state index in [9.17, 15) is 0 Å². The molecule has 2 aromatic rings. The summed E-state index contributed by atoms with van der Waals surface area (Å²) in [6.07, 6.45) is 11.1. The number of benzene rings is 2. The molecule has 0 unspecified atom stereocenters. The minimum atomic E-state index is 0.517. The molecule has 2 aliphatic rings. The third kappa shape index (κ3) is 6.18. The summed E-state index contributed by atoms with van der Waals surface area (Å²) in [4.78, 5) is 2.57. The second kappa shape index (κ2) is 11.6. The lowest BCUT2D eigenvalue weighted by molar-refractivity contribution is 0.351. The van der Waals surface area contributed by atoms with Gasteiger partial charge in [-0.3, -0.25) is 0 Å². The molecule has 2 aromatic carbocycles. The number of hydrogen-bond donors (Lipinski definition) is 1. The Morgan fingerprint density at radius 2 is 1.77 bits per heavy atom. The molecule has 1 N–H and O–H groups in total. The Morgan fingerprint density at radius 3 is 2.37 bits per heavy atom. The summed E-state index contributed by atoms with van der Waals surface area (Å²) in [6.45, 7) is 11.3. The van der Waals surface area contributed by atoms with Gasteiger partial charge < -0.3 is 19.7 Å². The molecule has 1 heterocycles. The molecule has 0 amide bonds. The van der Waals surface area contributed by atoms with Gasteiger partial charge in [-0.05, 0) is 99.5 Å². The number of hydrogen-bond acceptors (Lipinski definition) is 4. The van der Waals surface area contributed by atoms with Crippen molar-refractivity contribution in [3.63, 3.8) is 0 Å². The van der Waals surface area contributed by atoms with Gasteiger partial charge in [-0.15, -0.1) is 0 Å². The normalized spacial score (nSPS) is 17.3. The first-order valence-electron chi connectivity index (χ1n) is 12.8. The zero-order chi connectivity index (χ0) is 24.8. The first-order valence-corrected chi connectivity index (χ1v) is 12.8. The summed E-state index contributed by atoms with van der Waals surface area (Å²) in [5.74, 6) is 2.27. The molecule has 0 radical (unpaired) electrons. The van der Waals surface area contributed by atoms with Gasteiger partial charge >= 0.3 is 0 Å². The lowest BCUT2D eigenvalue weighted by atomic mass is 9.97. The standard InChI is InChI=1S/C31H40N2O2/c1-6-7-24(21-33(28-14-16-32-17-15-28)27-12-8-22(2)9-13-27)18-23(3)26-19-29(25-10-11-25)31(35-5)30(20-26)34-4/h6-9,12-13,18-20,25,28,32H,1,10-11,14-17,21H2,2-5H3/b23-18+,24-7+. The fourth-order valence-corrected chi connectivity index (χ4v) is 5.06. The highest BCUT2D eigenvalue weighted by Gasteiger charge is 2.29. The van der Waals surface area contributed by atoms with Gasteiger partial charge in [0.2, 0.25) is 0 Å². The number of rotatable bonds is 10. The number of nitrogens with one attached hydrogen (secondary N) is 1. The maximum absolute atomic E-state index is 5.72. The topological polar surface area (TPSA) is 33.7 Å². The van der Waals surface area contributed by atoms with E-state index in [0.717, 1.165) is 44.0 Å². The summed E-state index contributed by atoms with van der Waals surface area (Å²) in [7, 11) is 3.45. The summed E-state index contributed by atoms with van der Waals surface area (Å²) in [5, 5.41) is 3.51. The highest BCUT2D eigenvalue weighted by molar-refractivity contribution is 5.71. The SMILES string of the molecule is C=C/C=C(\C=C(/C)c1cc(OC)c(OC)c(C2CC2)c1)CN(c1ccc(C)cc1)C1CCNCC1. The van der Waals surface area contributed by atoms with E-state index in [1.54, 1.807) is 14.2 Å². The van der Waals surface area contributed by atoms with E-state index >= 15 is 0 Å². The minimum Gasteiger partial charge on any atom is -0.493 e. The lowest BCUT2D eigenvalue weighted by Gasteiger charge is -2.37. The molecule has 0 spiro atoms. The van der Waals surface area contributed by atoms with Crippen LogP contribution in [0.1, 0.15) is 55.2 Å². The zero-order valence-electron chi connectivity index (χ0n) is 21.8. The van der Waals surface area contributed by atoms with Crippen LogP contribution < -0.4 is 19.7 Å². The van der Waals surface area contributed by atoms with E-state index in [2.05, 4.69) is 79.2 Å². The summed E-state index contributed by atoms with van der Waals surface area (Å²) < 4.78 is 11.4. The molecule has 0 aromatic heterocycles. The van der Waals surface area contributed by atoms with E-state index in [1.165, 1.54) is 46.4 Å². The van der Waals surface area contributed by atoms with E-state index in [1.807, 2.05) is 6.08 Å². The fraction of sp³-hybridized carbons (Fsp3) is 0.419. The van der Waals surface area contributed by atoms with Crippen molar-refractivity contribution in [3.05, 3.63) is 83.5 Å². The quantitative estimate of drug-likeness (QED) is 0.392. The highest BCUT2D eigenvalue weighted by atomic mass is 16.5. The second-order valence-electron chi connectivity index (χ2n) is 9.82. The molecular weight excluding hydrogens is 432 g/mol. The highest BCUT2D eigenvalue weighted by Crippen LogP contribution is 2.48. The average Bonchev–Trinajstić information content (AvgIpc) is 3.73. The van der Waals surface area contributed by atoms with E-state index in [-0.39, 0.29) is 0 Å². The van der Waals surface area contributed by atoms with E-state index < -0.39 is 0 Å². The Bertz CT molecular complexity index is 1070. The van der Waals surface area contributed by atoms with Crippen LogP contribution in [0.5, 0.6) is 11.5 Å². The molecule has 4 rings (SSSR count). The molecule has 4 nitrogen and oxygen atoms in total. The second-order valence-corrected chi connectivity index (χ2v) is 9.82. The van der Waals surface area contributed by atoms with Crippen LogP contribution in [0, 0.1) is 6.92 Å². The minimum absolute atomic E-state index is 0.517. The maximum atomic E-state index is 5.72. The Balaban J connectivity index is 1.66. The monoisotopic (exact) mass is 472 g/mol. The Hall–Kier alpha value is -2.98. The van der Waals surface area contributed by atoms with Gasteiger partial charge in [0.1, 0.15) is 0 Å². The Kier molecular flexibility index (Phi) is 8.35. The van der Waals surface area contributed by atoms with Crippen molar-refractivity contribution in [3.8, 4) is 11.5 Å². The molecule has 4 heteroatoms. The van der Waals surface area contributed by atoms with Crippen molar-refractivity contribution in [2.45, 2.75) is 51.5 Å². The van der Waals surface area contributed by atoms with Gasteiger partial charge in [0.15, 0.2) is 11.5 Å². The lowest BCUT2D eigenvalue weighted by Crippen LogP contribution is -2.44. The Labute approximate surface area is 211 Å². The number of methoxy groups -OCH3 is 2. The number of aryl methyl sites for hydroxylation is 1. The number of allylic oxidation sites excluding steroid dienone is 3. The smallest absolute Gasteiger partial charge is 0.164 e. The maximum Gasteiger partial charge on any atom is 0.164 e. The third-order valence-electron chi connectivity index (χ3n) is 7.18. The van der Waals surface area contributed by atoms with Crippen LogP contribution in [0.2, 0.25) is 0 Å². The number of anilines is 1. The molecule has 1 aliphatic carbocycles. The molecule has 186 valence electrons. The summed E-state index contributed by atoms with van der Waals surface area (Å²) in [5.41, 5.74) is 7.49. The van der Waals surface area contributed by atoms with Crippen molar-refractivity contribution in [2.24, 2.45) is 0 Å². The molecule has 1 saturated carbocycles. The van der Waals surface area contributed by atoms with E-state index in [0.29, 0.717) is 12.0 Å². The van der Waals surface area contributed by atoms with Crippen molar-refractivity contribution in [1.82, 2.24) is 5.32 Å². The average molecular weight is 473 g/mol. The summed E-state index contributed by atoms with van der Waals surface area (Å²) >= 11 is 0. The molecule has 1 aliphatic heterocycles. The molecule has 0 bridgehead atoms. The predicted molar refractivity (Wildman–Crippen MR) is 148 cm³/mol. The van der Waals surface area contributed by atoms with Crippen LogP contribution >= 0.6 is 0 Å². The number of ether oxygens (including phenoxy) is 2. The van der Waals surface area contributed by atoms with Crippen LogP contribution in [0.3, 0.4) is 0 Å². The largest absolute Gasteiger partial charge is 0.493 e. The number of piperidine rings is 1. The first-order chi connectivity index (χ1) is 17.0. The van der Waals surface area contributed by atoms with Crippen molar-refractivity contribution >= 4 is 11.3 Å². The predicted octanol–water partition coefficient (Wildman–Crippen LogP) is 6.66. The first kappa shape index (κ1) is 25.1. The van der Waals surface area contributed by atoms with Crippen LogP contribution in [-0.4, -0.2) is 39.9 Å². The van der Waals surface area contributed by atoms with Gasteiger partial charge in [0.05, 0.1) is 14.2 Å². The van der Waals surface area contributed by atoms with Crippen LogP contribution in [0.4, 0.5) is 5.69 Å². The molecule has 1 saturated heterocycles. The van der Waals surface area contributed by atoms with Crippen molar-refractivity contribution < 1.29 is 9.47 Å². The van der Waals surface area contributed by atoms with Gasteiger partial charge in [-0.25, -0.2) is 0 Å². The van der Waals surface area contributed by atoms with Crippen LogP contribution in [-0.2, 0) is 0 Å². The fourth-order valence-electron chi connectivity index (χ4n) is 5.06. The molecule has 0 atom stereocenters. The van der Waals surface area contributed by atoms with Gasteiger partial charge in [0, 0.05) is 23.8 Å². The van der Waals surface area contributed by atoms with Gasteiger partial charge in [-0.1, -0.05) is 42.5 Å². The van der Waals surface area contributed by atoms with E-state index in [4.69, 9.17) is 9.47 Å². The van der Waals surface area contributed by atoms with Crippen molar-refractivity contribution in [1.29, 1.82) is 0 Å². The zero-order valence-corrected chi connectivity index (χ0v) is 21.8. The summed E-state index contributed by atoms with van der Waals surface area (Å²) in [6, 6.07) is 13.9. The van der Waals surface area contributed by atoms with Crippen LogP contribution in [0.15, 0.2) is 66.8 Å². The molecular formula is C31H40N2O2. The van der Waals surface area contributed by atoms with Crippen molar-refractivity contribution in [2.75, 3.05) is 38.8 Å². The molecule has 2 fully saturated rings. The third-order valence-corrected chi connectivity index (χ3v) is 7.18.